The van der Waals surface area contributed by atoms with Gasteiger partial charge in [-0.25, -0.2) is 0 Å². The minimum atomic E-state index is -0.611. The second-order valence-electron chi connectivity index (χ2n) is 4.52. The van der Waals surface area contributed by atoms with Gasteiger partial charge in [0.1, 0.15) is 0 Å². The van der Waals surface area contributed by atoms with Gasteiger partial charge in [0.15, 0.2) is 0 Å². The molecule has 3 nitrogen and oxygen atoms in total. The Labute approximate surface area is 95.2 Å². The molecule has 0 spiro atoms. The van der Waals surface area contributed by atoms with Crippen molar-refractivity contribution in [2.24, 2.45) is 5.92 Å². The Hall–Kier alpha value is -0.220. The van der Waals surface area contributed by atoms with Crippen LogP contribution in [0.1, 0.15) is 25.7 Å². The van der Waals surface area contributed by atoms with Crippen LogP contribution in [0.3, 0.4) is 0 Å². The van der Waals surface area contributed by atoms with E-state index < -0.39 is 5.97 Å². The van der Waals surface area contributed by atoms with E-state index in [4.69, 9.17) is 5.11 Å². The molecule has 0 saturated carbocycles. The summed E-state index contributed by atoms with van der Waals surface area (Å²) in [6.45, 7) is 1.77. The van der Waals surface area contributed by atoms with Crippen LogP contribution in [0.15, 0.2) is 0 Å². The minimum absolute atomic E-state index is 0.110. The Balaban J connectivity index is 1.86. The van der Waals surface area contributed by atoms with Crippen molar-refractivity contribution >= 4 is 17.7 Å². The van der Waals surface area contributed by atoms with Crippen molar-refractivity contribution in [3.8, 4) is 0 Å². The van der Waals surface area contributed by atoms with E-state index in [1.807, 2.05) is 11.8 Å². The van der Waals surface area contributed by atoms with Crippen molar-refractivity contribution in [3.63, 3.8) is 0 Å². The highest BCUT2D eigenvalue weighted by Crippen LogP contribution is 2.26. The van der Waals surface area contributed by atoms with Gasteiger partial charge in [0.05, 0.1) is 5.92 Å². The van der Waals surface area contributed by atoms with Crippen LogP contribution in [0.2, 0.25) is 0 Å². The summed E-state index contributed by atoms with van der Waals surface area (Å²) in [7, 11) is 0. The van der Waals surface area contributed by atoms with Crippen LogP contribution in [-0.2, 0) is 4.79 Å². The standard InChI is InChI=1S/C11H19NO2S/c13-11(14)9-3-5-12(8-9)10-2-1-6-15-7-4-10/h9-10H,1-8H2,(H,13,14). The molecule has 2 saturated heterocycles. The van der Waals surface area contributed by atoms with E-state index in [0.29, 0.717) is 6.04 Å². The molecule has 2 rings (SSSR count). The van der Waals surface area contributed by atoms with Gasteiger partial charge in [-0.15, -0.1) is 0 Å². The van der Waals surface area contributed by atoms with E-state index >= 15 is 0 Å². The molecule has 15 heavy (non-hydrogen) atoms. The summed E-state index contributed by atoms with van der Waals surface area (Å²) in [4.78, 5) is 13.3. The highest BCUT2D eigenvalue weighted by molar-refractivity contribution is 7.99. The van der Waals surface area contributed by atoms with Gasteiger partial charge in [-0.3, -0.25) is 9.69 Å². The Morgan fingerprint density at radius 1 is 1.27 bits per heavy atom. The highest BCUT2D eigenvalue weighted by Gasteiger charge is 2.32. The zero-order valence-electron chi connectivity index (χ0n) is 9.02. The van der Waals surface area contributed by atoms with E-state index in [1.165, 1.54) is 30.8 Å². The molecule has 0 radical (unpaired) electrons. The second kappa shape index (κ2) is 5.21. The summed E-state index contributed by atoms with van der Waals surface area (Å²) in [5, 5.41) is 8.95. The quantitative estimate of drug-likeness (QED) is 0.782. The summed E-state index contributed by atoms with van der Waals surface area (Å²) in [6, 6.07) is 0.657. The number of likely N-dealkylation sites (tertiary alicyclic amines) is 1. The Morgan fingerprint density at radius 3 is 2.87 bits per heavy atom. The molecule has 4 heteroatoms. The molecule has 2 heterocycles. The predicted octanol–water partition coefficient (Wildman–Crippen LogP) is 1.68. The number of rotatable bonds is 2. The maximum atomic E-state index is 10.9. The molecule has 0 bridgehead atoms. The molecule has 0 aromatic heterocycles. The third-order valence-corrected chi connectivity index (χ3v) is 4.61. The normalized spacial score (nSPS) is 33.9. The Bertz CT molecular complexity index is 227. The van der Waals surface area contributed by atoms with Crippen molar-refractivity contribution in [1.82, 2.24) is 4.90 Å². The molecule has 0 amide bonds. The van der Waals surface area contributed by atoms with Crippen LogP contribution >= 0.6 is 11.8 Å². The minimum Gasteiger partial charge on any atom is -0.481 e. The molecular formula is C11H19NO2S. The number of thioether (sulfide) groups is 1. The molecule has 2 aliphatic rings. The monoisotopic (exact) mass is 229 g/mol. The third-order valence-electron chi connectivity index (χ3n) is 3.51. The largest absolute Gasteiger partial charge is 0.481 e. The number of aliphatic carboxylic acids is 1. The number of nitrogens with zero attached hydrogens (tertiary/aromatic N) is 1. The lowest BCUT2D eigenvalue weighted by molar-refractivity contribution is -0.141. The van der Waals surface area contributed by atoms with Gasteiger partial charge in [-0.05, 0) is 43.7 Å². The van der Waals surface area contributed by atoms with Crippen LogP contribution in [0.4, 0.5) is 0 Å². The fourth-order valence-corrected chi connectivity index (χ4v) is 3.59. The zero-order chi connectivity index (χ0) is 10.7. The molecule has 0 aromatic rings. The zero-order valence-corrected chi connectivity index (χ0v) is 9.84. The lowest BCUT2D eigenvalue weighted by Gasteiger charge is -2.26. The first-order chi connectivity index (χ1) is 7.27. The molecule has 0 aliphatic carbocycles. The summed E-state index contributed by atoms with van der Waals surface area (Å²) in [6.07, 6.45) is 4.65. The van der Waals surface area contributed by atoms with Gasteiger partial charge in [-0.1, -0.05) is 0 Å². The summed E-state index contributed by atoms with van der Waals surface area (Å²) in [5.74, 6) is 1.81. The van der Waals surface area contributed by atoms with E-state index in [-0.39, 0.29) is 5.92 Å². The SMILES string of the molecule is O=C(O)C1CCN(C2CCCSCC2)C1. The molecule has 2 fully saturated rings. The smallest absolute Gasteiger partial charge is 0.307 e. The van der Waals surface area contributed by atoms with Gasteiger partial charge in [0.2, 0.25) is 0 Å². The van der Waals surface area contributed by atoms with Gasteiger partial charge in [0.25, 0.3) is 0 Å². The number of carboxylic acid groups (broad SMARTS) is 1. The van der Waals surface area contributed by atoms with Crippen LogP contribution in [0.5, 0.6) is 0 Å². The van der Waals surface area contributed by atoms with E-state index in [1.54, 1.807) is 0 Å². The summed E-state index contributed by atoms with van der Waals surface area (Å²) < 4.78 is 0. The van der Waals surface area contributed by atoms with Crippen LogP contribution in [-0.4, -0.2) is 46.6 Å². The van der Waals surface area contributed by atoms with Gasteiger partial charge in [-0.2, -0.15) is 11.8 Å². The van der Waals surface area contributed by atoms with E-state index in [2.05, 4.69) is 4.90 Å². The van der Waals surface area contributed by atoms with E-state index in [0.717, 1.165) is 19.5 Å². The molecule has 1 N–H and O–H groups in total. The maximum absolute atomic E-state index is 10.9. The van der Waals surface area contributed by atoms with Crippen LogP contribution in [0.25, 0.3) is 0 Å². The highest BCUT2D eigenvalue weighted by atomic mass is 32.2. The fourth-order valence-electron chi connectivity index (χ4n) is 2.57. The van der Waals surface area contributed by atoms with Gasteiger partial charge < -0.3 is 5.11 Å². The Kier molecular flexibility index (Phi) is 3.92. The number of hydrogen-bond acceptors (Lipinski definition) is 3. The predicted molar refractivity (Wildman–Crippen MR) is 62.3 cm³/mol. The van der Waals surface area contributed by atoms with Crippen molar-refractivity contribution in [2.45, 2.75) is 31.7 Å². The van der Waals surface area contributed by atoms with Crippen LogP contribution in [0, 0.1) is 5.92 Å². The topological polar surface area (TPSA) is 40.5 Å². The van der Waals surface area contributed by atoms with Crippen molar-refractivity contribution < 1.29 is 9.90 Å². The third kappa shape index (κ3) is 2.88. The number of hydrogen-bond donors (Lipinski definition) is 1. The first-order valence-electron chi connectivity index (χ1n) is 5.82. The van der Waals surface area contributed by atoms with E-state index in [9.17, 15) is 4.79 Å². The molecule has 2 unspecified atom stereocenters. The fraction of sp³-hybridized carbons (Fsp3) is 0.909. The Morgan fingerprint density at radius 2 is 2.13 bits per heavy atom. The second-order valence-corrected chi connectivity index (χ2v) is 5.74. The summed E-state index contributed by atoms with van der Waals surface area (Å²) >= 11 is 2.04. The van der Waals surface area contributed by atoms with Crippen molar-refractivity contribution in [3.05, 3.63) is 0 Å². The first-order valence-corrected chi connectivity index (χ1v) is 6.97. The molecule has 0 aromatic carbocycles. The number of carboxylic acids is 1. The van der Waals surface area contributed by atoms with Gasteiger partial charge in [0, 0.05) is 12.6 Å². The van der Waals surface area contributed by atoms with Crippen LogP contribution < -0.4 is 0 Å². The lowest BCUT2D eigenvalue weighted by atomic mass is 10.1. The average Bonchev–Trinajstić information content (AvgIpc) is 2.55. The molecule has 86 valence electrons. The first kappa shape index (κ1) is 11.3. The van der Waals surface area contributed by atoms with Crippen molar-refractivity contribution in [2.75, 3.05) is 24.6 Å². The molecule has 2 aliphatic heterocycles. The molecular weight excluding hydrogens is 210 g/mol. The van der Waals surface area contributed by atoms with Crippen molar-refractivity contribution in [1.29, 1.82) is 0 Å². The lowest BCUT2D eigenvalue weighted by Crippen LogP contribution is -2.34. The number of carbonyl (C=O) groups is 1. The average molecular weight is 229 g/mol. The molecule has 2 atom stereocenters. The summed E-state index contributed by atoms with van der Waals surface area (Å²) in [5.41, 5.74) is 0. The maximum Gasteiger partial charge on any atom is 0.307 e. The van der Waals surface area contributed by atoms with Gasteiger partial charge >= 0.3 is 5.97 Å².